The molecule has 114 valence electrons. The van der Waals surface area contributed by atoms with Gasteiger partial charge in [-0.05, 0) is 36.5 Å². The predicted molar refractivity (Wildman–Crippen MR) is 85.8 cm³/mol. The Kier molecular flexibility index (Phi) is 6.79. The van der Waals surface area contributed by atoms with Gasteiger partial charge in [0.15, 0.2) is 0 Å². The standard InChI is InChI=1S/C19H26O2/c1-2-16-7-5-8-19(14-16)21-15-18-11-9-17(10-12-18)6-3-4-13-20/h9-12,16,19-20H,2,4-5,7-8,13-15H2,1H3. The van der Waals surface area contributed by atoms with Gasteiger partial charge in [0.1, 0.15) is 0 Å². The van der Waals surface area contributed by atoms with Gasteiger partial charge in [-0.15, -0.1) is 0 Å². The molecule has 1 aromatic rings. The summed E-state index contributed by atoms with van der Waals surface area (Å²) < 4.78 is 6.07. The maximum atomic E-state index is 8.70. The third-order valence-corrected chi connectivity index (χ3v) is 4.22. The van der Waals surface area contributed by atoms with Crippen molar-refractivity contribution >= 4 is 0 Å². The fourth-order valence-electron chi connectivity index (χ4n) is 2.88. The van der Waals surface area contributed by atoms with Crippen molar-refractivity contribution in [3.05, 3.63) is 35.4 Å². The summed E-state index contributed by atoms with van der Waals surface area (Å²) >= 11 is 0. The Bertz CT molecular complexity index is 467. The van der Waals surface area contributed by atoms with Crippen molar-refractivity contribution in [3.8, 4) is 11.8 Å². The van der Waals surface area contributed by atoms with E-state index in [4.69, 9.17) is 9.84 Å². The van der Waals surface area contributed by atoms with Crippen LogP contribution in [-0.2, 0) is 11.3 Å². The second-order valence-electron chi connectivity index (χ2n) is 5.85. The minimum Gasteiger partial charge on any atom is -0.395 e. The van der Waals surface area contributed by atoms with E-state index in [1.165, 1.54) is 37.7 Å². The first-order valence-electron chi connectivity index (χ1n) is 8.12. The number of rotatable bonds is 5. The summed E-state index contributed by atoms with van der Waals surface area (Å²) in [5, 5.41) is 8.70. The molecule has 1 aliphatic carbocycles. The first-order chi connectivity index (χ1) is 10.3. The van der Waals surface area contributed by atoms with E-state index in [2.05, 4.69) is 30.9 Å². The van der Waals surface area contributed by atoms with Crippen LogP contribution in [0.1, 0.15) is 56.6 Å². The molecule has 1 aliphatic rings. The van der Waals surface area contributed by atoms with Crippen molar-refractivity contribution in [3.63, 3.8) is 0 Å². The molecule has 2 unspecified atom stereocenters. The van der Waals surface area contributed by atoms with Gasteiger partial charge in [0.05, 0.1) is 19.3 Å². The lowest BCUT2D eigenvalue weighted by atomic mass is 9.85. The SMILES string of the molecule is CCC1CCCC(OCc2ccc(C#CCCO)cc2)C1. The Morgan fingerprint density at radius 1 is 1.24 bits per heavy atom. The fraction of sp³-hybridized carbons (Fsp3) is 0.579. The van der Waals surface area contributed by atoms with Gasteiger partial charge in [-0.3, -0.25) is 0 Å². The lowest BCUT2D eigenvalue weighted by Crippen LogP contribution is -2.22. The molecule has 1 fully saturated rings. The molecule has 1 aromatic carbocycles. The highest BCUT2D eigenvalue weighted by atomic mass is 16.5. The Balaban J connectivity index is 1.79. The van der Waals surface area contributed by atoms with Crippen molar-refractivity contribution in [2.24, 2.45) is 5.92 Å². The molecule has 0 spiro atoms. The van der Waals surface area contributed by atoms with Crippen molar-refractivity contribution in [2.45, 2.75) is 58.2 Å². The maximum Gasteiger partial charge on any atom is 0.0720 e. The number of ether oxygens (including phenoxy) is 1. The molecule has 0 aliphatic heterocycles. The number of hydrogen-bond acceptors (Lipinski definition) is 2. The minimum atomic E-state index is 0.124. The largest absolute Gasteiger partial charge is 0.395 e. The van der Waals surface area contributed by atoms with Crippen LogP contribution < -0.4 is 0 Å². The van der Waals surface area contributed by atoms with Gasteiger partial charge in [0.25, 0.3) is 0 Å². The maximum absolute atomic E-state index is 8.70. The Morgan fingerprint density at radius 2 is 2.05 bits per heavy atom. The lowest BCUT2D eigenvalue weighted by Gasteiger charge is -2.28. The second kappa shape index (κ2) is 8.87. The van der Waals surface area contributed by atoms with E-state index in [0.29, 0.717) is 19.1 Å². The van der Waals surface area contributed by atoms with Crippen LogP contribution in [0.3, 0.4) is 0 Å². The van der Waals surface area contributed by atoms with Crippen molar-refractivity contribution < 1.29 is 9.84 Å². The van der Waals surface area contributed by atoms with Crippen LogP contribution in [0.4, 0.5) is 0 Å². The predicted octanol–water partition coefficient (Wildman–Crippen LogP) is 3.91. The molecule has 2 heteroatoms. The molecule has 1 N–H and O–H groups in total. The van der Waals surface area contributed by atoms with E-state index in [9.17, 15) is 0 Å². The zero-order valence-corrected chi connectivity index (χ0v) is 13.0. The van der Waals surface area contributed by atoms with Crippen molar-refractivity contribution in [1.82, 2.24) is 0 Å². The zero-order valence-electron chi connectivity index (χ0n) is 13.0. The molecular formula is C19H26O2. The third kappa shape index (κ3) is 5.53. The summed E-state index contributed by atoms with van der Waals surface area (Å²) in [5.41, 5.74) is 2.21. The number of aliphatic hydroxyl groups is 1. The Labute approximate surface area is 128 Å². The van der Waals surface area contributed by atoms with Gasteiger partial charge in [-0.25, -0.2) is 0 Å². The monoisotopic (exact) mass is 286 g/mol. The average Bonchev–Trinajstić information content (AvgIpc) is 2.54. The Hall–Kier alpha value is -1.30. The summed E-state index contributed by atoms with van der Waals surface area (Å²) in [6.07, 6.45) is 7.36. The molecule has 2 rings (SSSR count). The molecule has 0 saturated heterocycles. The van der Waals surface area contributed by atoms with Crippen LogP contribution in [0.2, 0.25) is 0 Å². The smallest absolute Gasteiger partial charge is 0.0720 e. The zero-order chi connectivity index (χ0) is 14.9. The number of benzene rings is 1. The molecule has 21 heavy (non-hydrogen) atoms. The van der Waals surface area contributed by atoms with Crippen LogP contribution in [0.5, 0.6) is 0 Å². The van der Waals surface area contributed by atoms with Crippen LogP contribution in [0.15, 0.2) is 24.3 Å². The van der Waals surface area contributed by atoms with E-state index in [-0.39, 0.29) is 6.61 Å². The molecule has 0 heterocycles. The molecular weight excluding hydrogens is 260 g/mol. The molecule has 0 bridgehead atoms. The van der Waals surface area contributed by atoms with Crippen LogP contribution >= 0.6 is 0 Å². The quantitative estimate of drug-likeness (QED) is 0.832. The van der Waals surface area contributed by atoms with Gasteiger partial charge < -0.3 is 9.84 Å². The minimum absolute atomic E-state index is 0.124. The Morgan fingerprint density at radius 3 is 2.76 bits per heavy atom. The van der Waals surface area contributed by atoms with Gasteiger partial charge >= 0.3 is 0 Å². The first-order valence-corrected chi connectivity index (χ1v) is 8.12. The number of aliphatic hydroxyl groups excluding tert-OH is 1. The van der Waals surface area contributed by atoms with E-state index in [1.54, 1.807) is 0 Å². The molecule has 2 atom stereocenters. The van der Waals surface area contributed by atoms with Crippen molar-refractivity contribution in [2.75, 3.05) is 6.61 Å². The summed E-state index contributed by atoms with van der Waals surface area (Å²) in [4.78, 5) is 0. The highest BCUT2D eigenvalue weighted by Gasteiger charge is 2.20. The summed E-state index contributed by atoms with van der Waals surface area (Å²) in [7, 11) is 0. The van der Waals surface area contributed by atoms with Gasteiger partial charge in [0, 0.05) is 12.0 Å². The highest BCUT2D eigenvalue weighted by molar-refractivity contribution is 5.35. The van der Waals surface area contributed by atoms with E-state index < -0.39 is 0 Å². The average molecular weight is 286 g/mol. The van der Waals surface area contributed by atoms with E-state index in [0.717, 1.165) is 11.5 Å². The van der Waals surface area contributed by atoms with Gasteiger partial charge in [-0.2, -0.15) is 0 Å². The molecule has 0 radical (unpaired) electrons. The van der Waals surface area contributed by atoms with E-state index >= 15 is 0 Å². The first kappa shape index (κ1) is 16.1. The van der Waals surface area contributed by atoms with Crippen LogP contribution in [0.25, 0.3) is 0 Å². The summed E-state index contributed by atoms with van der Waals surface area (Å²) in [5.74, 6) is 6.83. The molecule has 0 aromatic heterocycles. The molecule has 1 saturated carbocycles. The topological polar surface area (TPSA) is 29.5 Å². The lowest BCUT2D eigenvalue weighted by molar-refractivity contribution is 0.00177. The highest BCUT2D eigenvalue weighted by Crippen LogP contribution is 2.28. The second-order valence-corrected chi connectivity index (χ2v) is 5.85. The van der Waals surface area contributed by atoms with Crippen LogP contribution in [-0.4, -0.2) is 17.8 Å². The van der Waals surface area contributed by atoms with Gasteiger partial charge in [0.2, 0.25) is 0 Å². The van der Waals surface area contributed by atoms with Crippen molar-refractivity contribution in [1.29, 1.82) is 0 Å². The molecule has 2 nitrogen and oxygen atoms in total. The van der Waals surface area contributed by atoms with Crippen LogP contribution in [0, 0.1) is 17.8 Å². The third-order valence-electron chi connectivity index (χ3n) is 4.22. The van der Waals surface area contributed by atoms with Gasteiger partial charge in [-0.1, -0.05) is 50.2 Å². The number of hydrogen-bond donors (Lipinski definition) is 1. The van der Waals surface area contributed by atoms with E-state index in [1.807, 2.05) is 12.1 Å². The summed E-state index contributed by atoms with van der Waals surface area (Å²) in [6, 6.07) is 8.23. The summed E-state index contributed by atoms with van der Waals surface area (Å²) in [6.45, 7) is 3.11. The fourth-order valence-corrected chi connectivity index (χ4v) is 2.88. The molecule has 0 amide bonds. The normalized spacial score (nSPS) is 21.6.